The molecular formula is C23H31N3O2. The topological polar surface area (TPSA) is 68.9 Å². The summed E-state index contributed by atoms with van der Waals surface area (Å²) in [6, 6.07) is 16.7. The average molecular weight is 382 g/mol. The lowest BCUT2D eigenvalue weighted by atomic mass is 9.74. The van der Waals surface area contributed by atoms with Crippen LogP contribution in [0.25, 0.3) is 0 Å². The van der Waals surface area contributed by atoms with E-state index >= 15 is 0 Å². The Bertz CT molecular complexity index is 763. The van der Waals surface area contributed by atoms with Crippen LogP contribution in [0, 0.1) is 0 Å². The van der Waals surface area contributed by atoms with Gasteiger partial charge in [0.1, 0.15) is 5.75 Å². The third kappa shape index (κ3) is 5.04. The van der Waals surface area contributed by atoms with Crippen molar-refractivity contribution >= 4 is 11.6 Å². The second-order valence-electron chi connectivity index (χ2n) is 7.23. The molecule has 1 aliphatic rings. The van der Waals surface area contributed by atoms with Crippen molar-refractivity contribution in [3.05, 3.63) is 59.7 Å². The Hall–Kier alpha value is -2.53. The van der Waals surface area contributed by atoms with Crippen molar-refractivity contribution in [2.75, 3.05) is 31.7 Å². The molecule has 28 heavy (non-hydrogen) atoms. The van der Waals surface area contributed by atoms with E-state index in [1.807, 2.05) is 31.2 Å². The molecule has 3 rings (SSSR count). The largest absolute Gasteiger partial charge is 0.494 e. The SMILES string of the molecule is CCOc1ccc(C2(CN=C(N)Nc3ccc(CC)cc3)CCOCC2)cc1. The number of nitrogens with two attached hydrogens (primary N) is 1. The van der Waals surface area contributed by atoms with Gasteiger partial charge in [0.2, 0.25) is 0 Å². The van der Waals surface area contributed by atoms with Gasteiger partial charge in [0.05, 0.1) is 13.2 Å². The van der Waals surface area contributed by atoms with Gasteiger partial charge >= 0.3 is 0 Å². The minimum absolute atomic E-state index is 0.0542. The Morgan fingerprint density at radius 1 is 1.07 bits per heavy atom. The summed E-state index contributed by atoms with van der Waals surface area (Å²) in [6.45, 7) is 6.93. The predicted molar refractivity (Wildman–Crippen MR) is 115 cm³/mol. The predicted octanol–water partition coefficient (Wildman–Crippen LogP) is 4.12. The van der Waals surface area contributed by atoms with Crippen LogP contribution in [0.4, 0.5) is 5.69 Å². The molecule has 3 N–H and O–H groups in total. The molecule has 0 saturated carbocycles. The van der Waals surface area contributed by atoms with Gasteiger partial charge in [-0.25, -0.2) is 0 Å². The molecule has 0 unspecified atom stereocenters. The molecule has 5 heteroatoms. The van der Waals surface area contributed by atoms with E-state index in [2.05, 4.69) is 41.5 Å². The van der Waals surface area contributed by atoms with Crippen LogP contribution in [0.3, 0.4) is 0 Å². The summed E-state index contributed by atoms with van der Waals surface area (Å²) in [5, 5.41) is 3.20. The number of aliphatic imine (C=N–C) groups is 1. The van der Waals surface area contributed by atoms with Gasteiger partial charge in [0.25, 0.3) is 0 Å². The van der Waals surface area contributed by atoms with E-state index in [0.29, 0.717) is 19.1 Å². The van der Waals surface area contributed by atoms with Crippen LogP contribution in [-0.2, 0) is 16.6 Å². The van der Waals surface area contributed by atoms with Gasteiger partial charge in [-0.3, -0.25) is 4.99 Å². The number of ether oxygens (including phenoxy) is 2. The summed E-state index contributed by atoms with van der Waals surface area (Å²) in [6.07, 6.45) is 2.89. The monoisotopic (exact) mass is 381 g/mol. The van der Waals surface area contributed by atoms with E-state index in [0.717, 1.165) is 43.9 Å². The molecule has 0 aromatic heterocycles. The number of benzene rings is 2. The Morgan fingerprint density at radius 2 is 1.75 bits per heavy atom. The van der Waals surface area contributed by atoms with E-state index in [4.69, 9.17) is 15.2 Å². The Labute approximate surface area is 168 Å². The number of anilines is 1. The zero-order chi connectivity index (χ0) is 19.8. The molecule has 0 amide bonds. The van der Waals surface area contributed by atoms with E-state index in [9.17, 15) is 0 Å². The lowest BCUT2D eigenvalue weighted by Crippen LogP contribution is -2.38. The summed E-state index contributed by atoms with van der Waals surface area (Å²) in [7, 11) is 0. The Balaban J connectivity index is 1.73. The number of rotatable bonds is 7. The van der Waals surface area contributed by atoms with Gasteiger partial charge in [0, 0.05) is 24.3 Å². The highest BCUT2D eigenvalue weighted by atomic mass is 16.5. The molecule has 1 saturated heterocycles. The fourth-order valence-corrected chi connectivity index (χ4v) is 3.62. The average Bonchev–Trinajstić information content (AvgIpc) is 2.74. The number of guanidine groups is 1. The van der Waals surface area contributed by atoms with Gasteiger partial charge < -0.3 is 20.5 Å². The van der Waals surface area contributed by atoms with Crippen molar-refractivity contribution in [1.82, 2.24) is 0 Å². The van der Waals surface area contributed by atoms with Crippen LogP contribution >= 0.6 is 0 Å². The van der Waals surface area contributed by atoms with Crippen molar-refractivity contribution in [1.29, 1.82) is 0 Å². The zero-order valence-electron chi connectivity index (χ0n) is 16.9. The number of nitrogens with zero attached hydrogens (tertiary/aromatic N) is 1. The molecule has 1 aliphatic heterocycles. The van der Waals surface area contributed by atoms with Crippen molar-refractivity contribution in [2.45, 2.75) is 38.5 Å². The highest BCUT2D eigenvalue weighted by molar-refractivity contribution is 5.92. The molecule has 0 atom stereocenters. The van der Waals surface area contributed by atoms with Crippen LogP contribution < -0.4 is 15.8 Å². The minimum Gasteiger partial charge on any atom is -0.494 e. The maximum absolute atomic E-state index is 6.18. The van der Waals surface area contributed by atoms with Gasteiger partial charge in [-0.05, 0) is 61.6 Å². The summed E-state index contributed by atoms with van der Waals surface area (Å²) < 4.78 is 11.2. The number of hydrogen-bond acceptors (Lipinski definition) is 3. The van der Waals surface area contributed by atoms with Crippen LogP contribution in [0.5, 0.6) is 5.75 Å². The molecular weight excluding hydrogens is 350 g/mol. The summed E-state index contributed by atoms with van der Waals surface area (Å²) >= 11 is 0. The molecule has 2 aromatic rings. The number of hydrogen-bond donors (Lipinski definition) is 2. The molecule has 5 nitrogen and oxygen atoms in total. The van der Waals surface area contributed by atoms with Crippen molar-refractivity contribution in [3.63, 3.8) is 0 Å². The number of aryl methyl sites for hydroxylation is 1. The van der Waals surface area contributed by atoms with Crippen LogP contribution in [0.15, 0.2) is 53.5 Å². The lowest BCUT2D eigenvalue weighted by molar-refractivity contribution is 0.0531. The van der Waals surface area contributed by atoms with Crippen LogP contribution in [-0.4, -0.2) is 32.3 Å². The standard InChI is InChI=1S/C23H31N3O2/c1-3-18-5-9-20(10-6-18)26-22(24)25-17-23(13-15-27-16-14-23)19-7-11-21(12-8-19)28-4-2/h5-12H,3-4,13-17H2,1-2H3,(H3,24,25,26). The van der Waals surface area contributed by atoms with Crippen LogP contribution in [0.2, 0.25) is 0 Å². The molecule has 0 spiro atoms. The third-order valence-corrected chi connectivity index (χ3v) is 5.41. The zero-order valence-corrected chi connectivity index (χ0v) is 16.9. The molecule has 0 aliphatic carbocycles. The molecule has 1 fully saturated rings. The molecule has 0 radical (unpaired) electrons. The summed E-state index contributed by atoms with van der Waals surface area (Å²) in [5.74, 6) is 1.34. The first-order valence-electron chi connectivity index (χ1n) is 10.1. The van der Waals surface area contributed by atoms with E-state index in [1.165, 1.54) is 11.1 Å². The van der Waals surface area contributed by atoms with Gasteiger partial charge in [0.15, 0.2) is 5.96 Å². The lowest BCUT2D eigenvalue weighted by Gasteiger charge is -2.36. The minimum atomic E-state index is -0.0542. The molecule has 2 aromatic carbocycles. The Morgan fingerprint density at radius 3 is 2.36 bits per heavy atom. The van der Waals surface area contributed by atoms with Crippen molar-refractivity contribution in [2.24, 2.45) is 10.7 Å². The highest BCUT2D eigenvalue weighted by Crippen LogP contribution is 2.36. The molecule has 1 heterocycles. The first-order valence-corrected chi connectivity index (χ1v) is 10.1. The highest BCUT2D eigenvalue weighted by Gasteiger charge is 2.34. The van der Waals surface area contributed by atoms with E-state index in [1.54, 1.807) is 0 Å². The first-order chi connectivity index (χ1) is 13.6. The molecule has 0 bridgehead atoms. The smallest absolute Gasteiger partial charge is 0.193 e. The van der Waals surface area contributed by atoms with E-state index < -0.39 is 0 Å². The van der Waals surface area contributed by atoms with Crippen LogP contribution in [0.1, 0.15) is 37.8 Å². The fourth-order valence-electron chi connectivity index (χ4n) is 3.62. The number of nitrogens with one attached hydrogen (secondary N) is 1. The van der Waals surface area contributed by atoms with Gasteiger partial charge in [-0.1, -0.05) is 31.2 Å². The summed E-state index contributed by atoms with van der Waals surface area (Å²) in [5.41, 5.74) is 9.66. The second kappa shape index (κ2) is 9.60. The van der Waals surface area contributed by atoms with Gasteiger partial charge in [-0.2, -0.15) is 0 Å². The Kier molecular flexibility index (Phi) is 6.93. The third-order valence-electron chi connectivity index (χ3n) is 5.41. The van der Waals surface area contributed by atoms with Gasteiger partial charge in [-0.15, -0.1) is 0 Å². The fraction of sp³-hybridized carbons (Fsp3) is 0.435. The normalized spacial score (nSPS) is 16.6. The van der Waals surface area contributed by atoms with E-state index in [-0.39, 0.29) is 5.41 Å². The maximum atomic E-state index is 6.18. The molecule has 150 valence electrons. The first kappa shape index (κ1) is 20.2. The maximum Gasteiger partial charge on any atom is 0.193 e. The quantitative estimate of drug-likeness (QED) is 0.559. The van der Waals surface area contributed by atoms with Crippen molar-refractivity contribution < 1.29 is 9.47 Å². The summed E-state index contributed by atoms with van der Waals surface area (Å²) in [4.78, 5) is 4.69. The second-order valence-corrected chi connectivity index (χ2v) is 7.23. The van der Waals surface area contributed by atoms with Crippen molar-refractivity contribution in [3.8, 4) is 5.75 Å².